The number of anilines is 3. The van der Waals surface area contributed by atoms with Crippen LogP contribution < -0.4 is 15.8 Å². The second-order valence-corrected chi connectivity index (χ2v) is 9.42. The van der Waals surface area contributed by atoms with Crippen LogP contribution in [-0.4, -0.2) is 63.4 Å². The van der Waals surface area contributed by atoms with E-state index in [2.05, 4.69) is 38.2 Å². The normalized spacial score (nSPS) is 17.4. The SMILES string of the molecule is CC(=O)c1c(C)c2cnc(Nc3ccc(N4CCN(C)CC4)cn3)nc2n(C2CCCC2)c1=O. The Kier molecular flexibility index (Phi) is 6.03. The van der Waals surface area contributed by atoms with E-state index >= 15 is 0 Å². The van der Waals surface area contributed by atoms with Crippen LogP contribution in [0.4, 0.5) is 17.5 Å². The molecule has 1 N–H and O–H groups in total. The summed E-state index contributed by atoms with van der Waals surface area (Å²) in [6.07, 6.45) is 7.54. The van der Waals surface area contributed by atoms with E-state index in [0.29, 0.717) is 23.0 Å². The first-order valence-electron chi connectivity index (χ1n) is 12.0. The number of aryl methyl sites for hydroxylation is 1. The molecule has 5 rings (SSSR count). The number of carbonyl (C=O) groups excluding carboxylic acids is 1. The summed E-state index contributed by atoms with van der Waals surface area (Å²) in [6, 6.07) is 4.03. The number of hydrogen-bond donors (Lipinski definition) is 1. The number of ketones is 1. The van der Waals surface area contributed by atoms with Crippen molar-refractivity contribution >= 4 is 34.3 Å². The molecule has 4 heterocycles. The molecule has 2 fully saturated rings. The minimum atomic E-state index is -0.247. The summed E-state index contributed by atoms with van der Waals surface area (Å²) in [5.41, 5.74) is 2.31. The van der Waals surface area contributed by atoms with E-state index in [1.807, 2.05) is 12.3 Å². The van der Waals surface area contributed by atoms with Crippen molar-refractivity contribution < 1.29 is 4.79 Å². The van der Waals surface area contributed by atoms with Gasteiger partial charge in [0.05, 0.1) is 17.4 Å². The number of aromatic nitrogens is 4. The number of carbonyl (C=O) groups is 1. The highest BCUT2D eigenvalue weighted by atomic mass is 16.1. The summed E-state index contributed by atoms with van der Waals surface area (Å²) in [4.78, 5) is 44.1. The first-order chi connectivity index (χ1) is 16.4. The Labute approximate surface area is 198 Å². The van der Waals surface area contributed by atoms with Gasteiger partial charge in [0.1, 0.15) is 11.5 Å². The molecule has 0 amide bonds. The Morgan fingerprint density at radius 1 is 1.06 bits per heavy atom. The Morgan fingerprint density at radius 3 is 2.44 bits per heavy atom. The lowest BCUT2D eigenvalue weighted by atomic mass is 10.0. The number of pyridine rings is 2. The highest BCUT2D eigenvalue weighted by molar-refractivity contribution is 5.99. The van der Waals surface area contributed by atoms with E-state index in [1.54, 1.807) is 17.7 Å². The van der Waals surface area contributed by atoms with E-state index in [4.69, 9.17) is 4.98 Å². The monoisotopic (exact) mass is 461 g/mol. The van der Waals surface area contributed by atoms with Crippen molar-refractivity contribution in [1.29, 1.82) is 0 Å². The largest absolute Gasteiger partial charge is 0.368 e. The number of likely N-dealkylation sites (N-methyl/N-ethyl adjacent to an activating group) is 1. The van der Waals surface area contributed by atoms with Crippen molar-refractivity contribution in [3.8, 4) is 0 Å². The zero-order valence-electron chi connectivity index (χ0n) is 20.0. The Hall–Kier alpha value is -3.33. The molecule has 2 aliphatic rings. The molecule has 1 aliphatic carbocycles. The summed E-state index contributed by atoms with van der Waals surface area (Å²) in [5.74, 6) is 0.806. The summed E-state index contributed by atoms with van der Waals surface area (Å²) < 4.78 is 1.73. The van der Waals surface area contributed by atoms with E-state index in [-0.39, 0.29) is 22.9 Å². The third-order valence-electron chi connectivity index (χ3n) is 7.11. The van der Waals surface area contributed by atoms with Gasteiger partial charge in [0.15, 0.2) is 5.78 Å². The lowest BCUT2D eigenvalue weighted by Gasteiger charge is -2.33. The maximum atomic E-state index is 13.4. The molecule has 0 unspecified atom stereocenters. The minimum Gasteiger partial charge on any atom is -0.368 e. The number of piperazine rings is 1. The van der Waals surface area contributed by atoms with Crippen molar-refractivity contribution in [3.05, 3.63) is 46.0 Å². The van der Waals surface area contributed by atoms with Gasteiger partial charge in [-0.15, -0.1) is 0 Å². The molecule has 34 heavy (non-hydrogen) atoms. The Bertz CT molecular complexity index is 1270. The smallest absolute Gasteiger partial charge is 0.263 e. The predicted molar refractivity (Wildman–Crippen MR) is 133 cm³/mol. The van der Waals surface area contributed by atoms with Gasteiger partial charge in [-0.3, -0.25) is 14.2 Å². The quantitative estimate of drug-likeness (QED) is 0.578. The van der Waals surface area contributed by atoms with E-state index in [9.17, 15) is 9.59 Å². The summed E-state index contributed by atoms with van der Waals surface area (Å²) >= 11 is 0. The van der Waals surface area contributed by atoms with Gasteiger partial charge in [0.25, 0.3) is 5.56 Å². The fourth-order valence-corrected chi connectivity index (χ4v) is 5.14. The molecular formula is C25H31N7O2. The second-order valence-electron chi connectivity index (χ2n) is 9.42. The third-order valence-corrected chi connectivity index (χ3v) is 7.11. The van der Waals surface area contributed by atoms with Crippen LogP contribution in [0.25, 0.3) is 11.0 Å². The molecule has 0 bridgehead atoms. The number of Topliss-reactive ketones (excluding diaryl/α,β-unsaturated/α-hetero) is 1. The number of nitrogens with one attached hydrogen (secondary N) is 1. The van der Waals surface area contributed by atoms with Crippen LogP contribution in [0.15, 0.2) is 29.3 Å². The summed E-state index contributed by atoms with van der Waals surface area (Å²) in [6.45, 7) is 7.30. The van der Waals surface area contributed by atoms with Crippen LogP contribution in [0.1, 0.15) is 54.6 Å². The number of fused-ring (bicyclic) bond motifs is 1. The van der Waals surface area contributed by atoms with Crippen LogP contribution in [-0.2, 0) is 0 Å². The predicted octanol–water partition coefficient (Wildman–Crippen LogP) is 3.31. The molecule has 0 aromatic carbocycles. The van der Waals surface area contributed by atoms with Crippen molar-refractivity contribution in [2.75, 3.05) is 43.4 Å². The standard InChI is InChI=1S/C25H31N7O2/c1-16-20-15-27-25(28-21-9-8-19(14-26-21)31-12-10-30(3)11-13-31)29-23(20)32(18-6-4-5-7-18)24(34)22(16)17(2)33/h8-9,14-15,18H,4-7,10-13H2,1-3H3,(H,26,27,28,29). The van der Waals surface area contributed by atoms with Gasteiger partial charge in [-0.05, 0) is 51.4 Å². The summed E-state index contributed by atoms with van der Waals surface area (Å²) in [7, 11) is 2.14. The number of hydrogen-bond acceptors (Lipinski definition) is 8. The molecule has 0 atom stereocenters. The molecular weight excluding hydrogens is 430 g/mol. The lowest BCUT2D eigenvalue weighted by Crippen LogP contribution is -2.44. The zero-order valence-corrected chi connectivity index (χ0v) is 20.0. The van der Waals surface area contributed by atoms with Gasteiger partial charge in [-0.25, -0.2) is 9.97 Å². The van der Waals surface area contributed by atoms with Crippen LogP contribution in [0, 0.1) is 6.92 Å². The van der Waals surface area contributed by atoms with Crippen LogP contribution in [0.2, 0.25) is 0 Å². The van der Waals surface area contributed by atoms with Crippen molar-refractivity contribution in [2.45, 2.75) is 45.6 Å². The highest BCUT2D eigenvalue weighted by Crippen LogP contribution is 2.32. The van der Waals surface area contributed by atoms with Crippen LogP contribution >= 0.6 is 0 Å². The van der Waals surface area contributed by atoms with Crippen molar-refractivity contribution in [1.82, 2.24) is 24.4 Å². The Balaban J connectivity index is 1.48. The highest BCUT2D eigenvalue weighted by Gasteiger charge is 2.26. The second kappa shape index (κ2) is 9.13. The van der Waals surface area contributed by atoms with Gasteiger partial charge in [-0.1, -0.05) is 12.8 Å². The molecule has 3 aromatic heterocycles. The molecule has 3 aromatic rings. The lowest BCUT2D eigenvalue weighted by molar-refractivity contribution is 0.101. The average molecular weight is 462 g/mol. The fourth-order valence-electron chi connectivity index (χ4n) is 5.14. The van der Waals surface area contributed by atoms with E-state index in [1.165, 1.54) is 6.92 Å². The van der Waals surface area contributed by atoms with Gasteiger partial charge < -0.3 is 15.1 Å². The van der Waals surface area contributed by atoms with Gasteiger partial charge >= 0.3 is 0 Å². The zero-order chi connectivity index (χ0) is 23.8. The minimum absolute atomic E-state index is 0.0532. The Morgan fingerprint density at radius 2 is 1.79 bits per heavy atom. The average Bonchev–Trinajstić information content (AvgIpc) is 3.34. The molecule has 9 heteroatoms. The van der Waals surface area contributed by atoms with Gasteiger partial charge in [0, 0.05) is 43.8 Å². The molecule has 1 saturated heterocycles. The maximum absolute atomic E-state index is 13.4. The molecule has 1 saturated carbocycles. The molecule has 178 valence electrons. The van der Waals surface area contributed by atoms with Crippen LogP contribution in [0.5, 0.6) is 0 Å². The molecule has 0 radical (unpaired) electrons. The third kappa shape index (κ3) is 4.16. The number of rotatable bonds is 5. The first kappa shape index (κ1) is 22.5. The van der Waals surface area contributed by atoms with E-state index < -0.39 is 0 Å². The van der Waals surface area contributed by atoms with E-state index in [0.717, 1.165) is 62.9 Å². The van der Waals surface area contributed by atoms with Gasteiger partial charge in [0.2, 0.25) is 5.95 Å². The van der Waals surface area contributed by atoms with Crippen molar-refractivity contribution in [2.24, 2.45) is 0 Å². The van der Waals surface area contributed by atoms with Gasteiger partial charge in [-0.2, -0.15) is 4.98 Å². The molecule has 1 aliphatic heterocycles. The molecule has 9 nitrogen and oxygen atoms in total. The first-order valence-corrected chi connectivity index (χ1v) is 12.0. The van der Waals surface area contributed by atoms with Crippen LogP contribution in [0.3, 0.4) is 0 Å². The molecule has 0 spiro atoms. The topological polar surface area (TPSA) is 96.2 Å². The fraction of sp³-hybridized carbons (Fsp3) is 0.480. The van der Waals surface area contributed by atoms with Crippen molar-refractivity contribution in [3.63, 3.8) is 0 Å². The number of nitrogens with zero attached hydrogens (tertiary/aromatic N) is 6. The summed E-state index contributed by atoms with van der Waals surface area (Å²) in [5, 5.41) is 3.92. The maximum Gasteiger partial charge on any atom is 0.263 e.